The standard InChI is InChI=1S/C29H36N6OS/c1-4-34-14-16-35(17-15-34)21-23-8-10-25(11-9-23)28(36)33(3)26-12-7-22(2)27(18-26)32-29(37)31-20-24-6-5-13-30-19-24/h5-13,18-19H,4,14-17,20-21H2,1-3H3,(H2,31,32,37). The van der Waals surface area contributed by atoms with Gasteiger partial charge in [0.15, 0.2) is 5.11 Å². The van der Waals surface area contributed by atoms with Crippen LogP contribution in [0.25, 0.3) is 0 Å². The van der Waals surface area contributed by atoms with Crippen molar-refractivity contribution in [3.63, 3.8) is 0 Å². The quantitative estimate of drug-likeness (QED) is 0.433. The molecule has 3 aromatic rings. The SMILES string of the molecule is CCN1CCN(Cc2ccc(C(=O)N(C)c3ccc(C)c(NC(=S)NCc4cccnc4)c3)cc2)CC1. The minimum Gasteiger partial charge on any atom is -0.358 e. The van der Waals surface area contributed by atoms with E-state index in [0.29, 0.717) is 17.2 Å². The fourth-order valence-electron chi connectivity index (χ4n) is 4.39. The number of carbonyl (C=O) groups excluding carboxylic acids is 1. The summed E-state index contributed by atoms with van der Waals surface area (Å²) in [4.78, 5) is 24.0. The number of aromatic nitrogens is 1. The summed E-state index contributed by atoms with van der Waals surface area (Å²) in [6, 6.07) is 17.8. The zero-order valence-corrected chi connectivity index (χ0v) is 22.7. The van der Waals surface area contributed by atoms with Crippen LogP contribution in [0.5, 0.6) is 0 Å². The molecule has 0 atom stereocenters. The molecule has 194 valence electrons. The van der Waals surface area contributed by atoms with Gasteiger partial charge in [0.05, 0.1) is 0 Å². The highest BCUT2D eigenvalue weighted by Crippen LogP contribution is 2.24. The summed E-state index contributed by atoms with van der Waals surface area (Å²) in [5.74, 6) is -0.0461. The lowest BCUT2D eigenvalue weighted by atomic mass is 10.1. The zero-order valence-electron chi connectivity index (χ0n) is 21.9. The number of rotatable bonds is 8. The van der Waals surface area contributed by atoms with E-state index < -0.39 is 0 Å². The van der Waals surface area contributed by atoms with Gasteiger partial charge < -0.3 is 20.4 Å². The third-order valence-corrected chi connectivity index (χ3v) is 7.10. The smallest absolute Gasteiger partial charge is 0.258 e. The van der Waals surface area contributed by atoms with Gasteiger partial charge in [0.1, 0.15) is 0 Å². The Bertz CT molecular complexity index is 1190. The topological polar surface area (TPSA) is 63.7 Å². The molecule has 0 bridgehead atoms. The van der Waals surface area contributed by atoms with E-state index in [1.54, 1.807) is 18.1 Å². The molecular formula is C29H36N6OS. The predicted molar refractivity (Wildman–Crippen MR) is 155 cm³/mol. The van der Waals surface area contributed by atoms with Crippen molar-refractivity contribution in [2.45, 2.75) is 26.9 Å². The number of thiocarbonyl (C=S) groups is 1. The summed E-state index contributed by atoms with van der Waals surface area (Å²) in [5, 5.41) is 6.99. The van der Waals surface area contributed by atoms with E-state index in [-0.39, 0.29) is 5.91 Å². The monoisotopic (exact) mass is 516 g/mol. The van der Waals surface area contributed by atoms with E-state index in [1.165, 1.54) is 5.56 Å². The molecule has 1 aliphatic heterocycles. The molecule has 2 N–H and O–H groups in total. The molecule has 2 heterocycles. The van der Waals surface area contributed by atoms with Crippen LogP contribution in [0, 0.1) is 6.92 Å². The van der Waals surface area contributed by atoms with Gasteiger partial charge in [0.25, 0.3) is 5.91 Å². The first-order chi connectivity index (χ1) is 17.9. The molecule has 1 aliphatic rings. The Kier molecular flexibility index (Phi) is 9.22. The van der Waals surface area contributed by atoms with Crippen LogP contribution in [-0.4, -0.2) is 65.6 Å². The van der Waals surface area contributed by atoms with Crippen LogP contribution in [-0.2, 0) is 13.1 Å². The Balaban J connectivity index is 1.35. The maximum Gasteiger partial charge on any atom is 0.258 e. The number of nitrogens with zero attached hydrogens (tertiary/aromatic N) is 4. The molecule has 0 unspecified atom stereocenters. The number of amides is 1. The first-order valence-corrected chi connectivity index (χ1v) is 13.2. The number of pyridine rings is 1. The summed E-state index contributed by atoms with van der Waals surface area (Å²) in [5.41, 5.74) is 5.65. The molecule has 1 aromatic heterocycles. The maximum atomic E-state index is 13.2. The van der Waals surface area contributed by atoms with E-state index in [0.717, 1.165) is 61.8 Å². The van der Waals surface area contributed by atoms with E-state index in [4.69, 9.17) is 12.2 Å². The average molecular weight is 517 g/mol. The minimum absolute atomic E-state index is 0.0461. The number of hydrogen-bond donors (Lipinski definition) is 2. The highest BCUT2D eigenvalue weighted by atomic mass is 32.1. The average Bonchev–Trinajstić information content (AvgIpc) is 2.94. The van der Waals surface area contributed by atoms with Gasteiger partial charge in [0.2, 0.25) is 0 Å². The largest absolute Gasteiger partial charge is 0.358 e. The van der Waals surface area contributed by atoms with Crippen molar-refractivity contribution in [2.24, 2.45) is 0 Å². The predicted octanol–water partition coefficient (Wildman–Crippen LogP) is 4.29. The van der Waals surface area contributed by atoms with Crippen molar-refractivity contribution >= 4 is 34.6 Å². The zero-order chi connectivity index (χ0) is 26.2. The molecule has 2 aromatic carbocycles. The van der Waals surface area contributed by atoms with Gasteiger partial charge in [-0.25, -0.2) is 0 Å². The van der Waals surface area contributed by atoms with E-state index in [1.807, 2.05) is 55.6 Å². The number of piperazine rings is 1. The number of aryl methyl sites for hydroxylation is 1. The maximum absolute atomic E-state index is 13.2. The second-order valence-electron chi connectivity index (χ2n) is 9.44. The molecule has 7 nitrogen and oxygen atoms in total. The molecule has 8 heteroatoms. The van der Waals surface area contributed by atoms with Crippen molar-refractivity contribution in [1.29, 1.82) is 0 Å². The molecule has 0 spiro atoms. The lowest BCUT2D eigenvalue weighted by Gasteiger charge is -2.34. The van der Waals surface area contributed by atoms with Gasteiger partial charge in [-0.3, -0.25) is 14.7 Å². The van der Waals surface area contributed by atoms with Crippen LogP contribution < -0.4 is 15.5 Å². The van der Waals surface area contributed by atoms with Crippen LogP contribution in [0.2, 0.25) is 0 Å². The minimum atomic E-state index is -0.0461. The highest BCUT2D eigenvalue weighted by molar-refractivity contribution is 7.80. The lowest BCUT2D eigenvalue weighted by molar-refractivity contribution is 0.0993. The van der Waals surface area contributed by atoms with Crippen LogP contribution in [0.15, 0.2) is 67.0 Å². The molecule has 0 radical (unpaired) electrons. The fourth-order valence-corrected chi connectivity index (χ4v) is 4.57. The third-order valence-electron chi connectivity index (χ3n) is 6.86. The second-order valence-corrected chi connectivity index (χ2v) is 9.85. The molecule has 0 aliphatic carbocycles. The first-order valence-electron chi connectivity index (χ1n) is 12.8. The van der Waals surface area contributed by atoms with Gasteiger partial charge in [-0.15, -0.1) is 0 Å². The van der Waals surface area contributed by atoms with Crippen LogP contribution in [0.3, 0.4) is 0 Å². The van der Waals surface area contributed by atoms with E-state index >= 15 is 0 Å². The van der Waals surface area contributed by atoms with Crippen LogP contribution in [0.4, 0.5) is 11.4 Å². The molecular weight excluding hydrogens is 480 g/mol. The molecule has 4 rings (SSSR count). The van der Waals surface area contributed by atoms with E-state index in [9.17, 15) is 4.79 Å². The van der Waals surface area contributed by atoms with Crippen molar-refractivity contribution in [2.75, 3.05) is 50.0 Å². The summed E-state index contributed by atoms with van der Waals surface area (Å²) in [7, 11) is 1.80. The Morgan fingerprint density at radius 3 is 2.43 bits per heavy atom. The Hall–Kier alpha value is -3.33. The number of benzene rings is 2. The summed E-state index contributed by atoms with van der Waals surface area (Å²) in [6.07, 6.45) is 3.55. The molecule has 1 fully saturated rings. The van der Waals surface area contributed by atoms with Crippen molar-refractivity contribution in [3.8, 4) is 0 Å². The number of nitrogens with one attached hydrogen (secondary N) is 2. The third kappa shape index (κ3) is 7.35. The van der Waals surface area contributed by atoms with Gasteiger partial charge in [-0.05, 0) is 72.7 Å². The number of anilines is 2. The van der Waals surface area contributed by atoms with Crippen LogP contribution in [0.1, 0.15) is 34.0 Å². The molecule has 1 saturated heterocycles. The van der Waals surface area contributed by atoms with Gasteiger partial charge in [-0.1, -0.05) is 31.2 Å². The van der Waals surface area contributed by atoms with Crippen LogP contribution >= 0.6 is 12.2 Å². The molecule has 37 heavy (non-hydrogen) atoms. The molecule has 0 saturated carbocycles. The Morgan fingerprint density at radius 2 is 1.76 bits per heavy atom. The lowest BCUT2D eigenvalue weighted by Crippen LogP contribution is -2.45. The Morgan fingerprint density at radius 1 is 1.03 bits per heavy atom. The van der Waals surface area contributed by atoms with Crippen molar-refractivity contribution in [1.82, 2.24) is 20.1 Å². The fraction of sp³-hybridized carbons (Fsp3) is 0.345. The highest BCUT2D eigenvalue weighted by Gasteiger charge is 2.17. The first kappa shape index (κ1) is 26.7. The van der Waals surface area contributed by atoms with Gasteiger partial charge >= 0.3 is 0 Å². The van der Waals surface area contributed by atoms with Gasteiger partial charge in [0, 0.05) is 75.6 Å². The summed E-state index contributed by atoms with van der Waals surface area (Å²) >= 11 is 5.49. The van der Waals surface area contributed by atoms with Crippen molar-refractivity contribution < 1.29 is 4.79 Å². The van der Waals surface area contributed by atoms with Gasteiger partial charge in [-0.2, -0.15) is 0 Å². The normalized spacial score (nSPS) is 14.2. The Labute approximate surface area is 225 Å². The number of likely N-dealkylation sites (N-methyl/N-ethyl adjacent to an activating group) is 1. The summed E-state index contributed by atoms with van der Waals surface area (Å²) in [6.45, 7) is 11.3. The van der Waals surface area contributed by atoms with E-state index in [2.05, 4.69) is 44.5 Å². The van der Waals surface area contributed by atoms with Crippen molar-refractivity contribution in [3.05, 3.63) is 89.2 Å². The molecule has 1 amide bonds. The summed E-state index contributed by atoms with van der Waals surface area (Å²) < 4.78 is 0. The number of hydrogen-bond acceptors (Lipinski definition) is 5. The second kappa shape index (κ2) is 12.8. The number of carbonyl (C=O) groups is 1.